The second-order valence-electron chi connectivity index (χ2n) is 13.3. The van der Waals surface area contributed by atoms with Crippen LogP contribution < -0.4 is 0 Å². The number of carbonyl (C=O) groups excluding carboxylic acids is 1. The molecule has 0 radical (unpaired) electrons. The van der Waals surface area contributed by atoms with Crippen molar-refractivity contribution >= 4 is 13.8 Å². The maximum absolute atomic E-state index is 12.6. The van der Waals surface area contributed by atoms with E-state index in [-0.39, 0.29) is 13.0 Å². The van der Waals surface area contributed by atoms with Gasteiger partial charge >= 0.3 is 13.8 Å². The Labute approximate surface area is 328 Å². The highest BCUT2D eigenvalue weighted by atomic mass is 31.2. The number of ether oxygens (including phenoxy) is 2. The molecule has 0 aliphatic carbocycles. The van der Waals surface area contributed by atoms with E-state index in [0.29, 0.717) is 13.0 Å². The van der Waals surface area contributed by atoms with Crippen molar-refractivity contribution in [2.45, 2.75) is 154 Å². The van der Waals surface area contributed by atoms with Gasteiger partial charge in [0.15, 0.2) is 0 Å². The van der Waals surface area contributed by atoms with Crippen molar-refractivity contribution in [2.75, 3.05) is 33.0 Å². The molecule has 54 heavy (non-hydrogen) atoms. The molecule has 0 aliphatic heterocycles. The standard InChI is InChI=1S/C44H75O9P/c1-3-5-7-9-11-13-15-17-19-20-21-22-23-24-26-28-30-32-34-36-44(47)53-43(41-52-54(48,49)51-39-42(46)38-45)40-50-37-35-33-31-29-27-25-18-16-14-12-10-8-6-4-2/h5,7-8,10-11,13-14,16-17,19,21-22,24,26,42-43,45-46H,3-4,6,9,12,15,18,20,23,25,27-41H2,1-2H3,(H,48,49)/b7-5-,10-8-,13-11-,16-14-,19-17-,22-21-,26-24-. The van der Waals surface area contributed by atoms with E-state index < -0.39 is 45.8 Å². The fraction of sp³-hybridized carbons (Fsp3) is 0.659. The molecule has 0 aromatic heterocycles. The van der Waals surface area contributed by atoms with Crippen LogP contribution in [0.25, 0.3) is 0 Å². The lowest BCUT2D eigenvalue weighted by molar-refractivity contribution is -0.154. The van der Waals surface area contributed by atoms with Gasteiger partial charge in [-0.05, 0) is 83.5 Å². The summed E-state index contributed by atoms with van der Waals surface area (Å²) in [5.74, 6) is -0.422. The van der Waals surface area contributed by atoms with Crippen LogP contribution >= 0.6 is 7.82 Å². The van der Waals surface area contributed by atoms with E-state index in [0.717, 1.165) is 89.9 Å². The van der Waals surface area contributed by atoms with Crippen molar-refractivity contribution in [3.05, 3.63) is 85.1 Å². The van der Waals surface area contributed by atoms with Gasteiger partial charge in [0, 0.05) is 13.0 Å². The molecule has 0 saturated carbocycles. The Morgan fingerprint density at radius 3 is 1.59 bits per heavy atom. The van der Waals surface area contributed by atoms with Crippen LogP contribution in [-0.4, -0.2) is 66.3 Å². The first-order chi connectivity index (χ1) is 26.3. The summed E-state index contributed by atoms with van der Waals surface area (Å²) >= 11 is 0. The Hall–Kier alpha value is -2.36. The van der Waals surface area contributed by atoms with Gasteiger partial charge in [0.05, 0.1) is 26.4 Å². The molecule has 3 N–H and O–H groups in total. The lowest BCUT2D eigenvalue weighted by Crippen LogP contribution is -2.29. The highest BCUT2D eigenvalue weighted by molar-refractivity contribution is 7.47. The minimum Gasteiger partial charge on any atom is -0.457 e. The maximum Gasteiger partial charge on any atom is 0.472 e. The smallest absolute Gasteiger partial charge is 0.457 e. The number of aliphatic hydroxyl groups excluding tert-OH is 2. The summed E-state index contributed by atoms with van der Waals surface area (Å²) in [6, 6.07) is 0. The van der Waals surface area contributed by atoms with Gasteiger partial charge in [-0.1, -0.05) is 137 Å². The van der Waals surface area contributed by atoms with Crippen LogP contribution in [-0.2, 0) is 27.9 Å². The van der Waals surface area contributed by atoms with Crippen LogP contribution in [0, 0.1) is 0 Å². The van der Waals surface area contributed by atoms with Crippen molar-refractivity contribution in [1.82, 2.24) is 0 Å². The fourth-order valence-electron chi connectivity index (χ4n) is 4.95. The summed E-state index contributed by atoms with van der Waals surface area (Å²) in [6.07, 6.45) is 48.2. The summed E-state index contributed by atoms with van der Waals surface area (Å²) in [4.78, 5) is 22.5. The molecule has 0 fully saturated rings. The first kappa shape index (κ1) is 51.6. The van der Waals surface area contributed by atoms with Crippen molar-refractivity contribution in [3.8, 4) is 0 Å². The minimum atomic E-state index is -4.53. The summed E-state index contributed by atoms with van der Waals surface area (Å²) in [5, 5.41) is 18.3. The Morgan fingerprint density at radius 2 is 1.06 bits per heavy atom. The van der Waals surface area contributed by atoms with Crippen molar-refractivity contribution < 1.29 is 43.0 Å². The monoisotopic (exact) mass is 779 g/mol. The van der Waals surface area contributed by atoms with E-state index >= 15 is 0 Å². The Morgan fingerprint density at radius 1 is 0.593 bits per heavy atom. The van der Waals surface area contributed by atoms with E-state index in [4.69, 9.17) is 23.6 Å². The quantitative estimate of drug-likeness (QED) is 0.0242. The SMILES string of the molecule is CC/C=C\C/C=C\C/C=C\C/C=C\C/C=C\CCCCCC(=O)OC(COCCCCCCCC/C=C\C/C=C\CCC)COP(=O)(O)OCC(O)CO. The molecule has 10 heteroatoms. The summed E-state index contributed by atoms with van der Waals surface area (Å²) in [5.41, 5.74) is 0. The summed E-state index contributed by atoms with van der Waals surface area (Å²) in [7, 11) is -4.53. The van der Waals surface area contributed by atoms with Gasteiger partial charge in [-0.2, -0.15) is 0 Å². The zero-order chi connectivity index (χ0) is 39.6. The van der Waals surface area contributed by atoms with Crippen molar-refractivity contribution in [2.24, 2.45) is 0 Å². The Kier molecular flexibility index (Phi) is 38.5. The number of hydrogen-bond acceptors (Lipinski definition) is 8. The number of esters is 1. The van der Waals surface area contributed by atoms with Crippen LogP contribution in [0.3, 0.4) is 0 Å². The second-order valence-corrected chi connectivity index (χ2v) is 14.7. The minimum absolute atomic E-state index is 0.0229. The number of hydrogen-bond donors (Lipinski definition) is 3. The first-order valence-corrected chi connectivity index (χ1v) is 22.1. The van der Waals surface area contributed by atoms with E-state index in [1.807, 2.05) is 0 Å². The zero-order valence-corrected chi connectivity index (χ0v) is 34.5. The summed E-state index contributed by atoms with van der Waals surface area (Å²) in [6.45, 7) is 3.24. The largest absolute Gasteiger partial charge is 0.472 e. The molecule has 0 aromatic rings. The molecule has 0 aromatic carbocycles. The molecule has 310 valence electrons. The van der Waals surface area contributed by atoms with Gasteiger partial charge in [0.1, 0.15) is 12.2 Å². The molecule has 0 heterocycles. The van der Waals surface area contributed by atoms with E-state index in [1.54, 1.807) is 0 Å². The predicted octanol–water partition coefficient (Wildman–Crippen LogP) is 11.1. The van der Waals surface area contributed by atoms with Crippen LogP contribution in [0.5, 0.6) is 0 Å². The van der Waals surface area contributed by atoms with Gasteiger partial charge < -0.3 is 24.6 Å². The maximum atomic E-state index is 12.6. The molecule has 9 nitrogen and oxygen atoms in total. The molecule has 0 spiro atoms. The molecule has 0 bridgehead atoms. The third kappa shape index (κ3) is 39.3. The normalized spacial score (nSPS) is 15.0. The van der Waals surface area contributed by atoms with E-state index in [1.165, 1.54) is 25.7 Å². The molecular formula is C44H75O9P. The lowest BCUT2D eigenvalue weighted by atomic mass is 10.1. The van der Waals surface area contributed by atoms with Gasteiger partial charge in [-0.15, -0.1) is 0 Å². The number of phosphoric acid groups is 1. The molecule has 0 saturated heterocycles. The Balaban J connectivity index is 4.31. The number of unbranched alkanes of at least 4 members (excludes halogenated alkanes) is 10. The molecule has 0 amide bonds. The van der Waals surface area contributed by atoms with Gasteiger partial charge in [0.25, 0.3) is 0 Å². The highest BCUT2D eigenvalue weighted by Crippen LogP contribution is 2.43. The zero-order valence-electron chi connectivity index (χ0n) is 33.7. The molecule has 0 rings (SSSR count). The number of carbonyl (C=O) groups is 1. The summed E-state index contributed by atoms with van der Waals surface area (Å²) < 4.78 is 33.3. The van der Waals surface area contributed by atoms with Crippen LogP contribution in [0.4, 0.5) is 0 Å². The number of allylic oxidation sites excluding steroid dienone is 14. The molecular weight excluding hydrogens is 703 g/mol. The van der Waals surface area contributed by atoms with Gasteiger partial charge in [-0.25, -0.2) is 4.57 Å². The predicted molar refractivity (Wildman–Crippen MR) is 223 cm³/mol. The Bertz CT molecular complexity index is 1110. The van der Waals surface area contributed by atoms with Gasteiger partial charge in [-0.3, -0.25) is 13.8 Å². The first-order valence-electron chi connectivity index (χ1n) is 20.6. The fourth-order valence-corrected chi connectivity index (χ4v) is 5.74. The van der Waals surface area contributed by atoms with Crippen molar-refractivity contribution in [1.29, 1.82) is 0 Å². The van der Waals surface area contributed by atoms with Gasteiger partial charge in [0.2, 0.25) is 0 Å². The van der Waals surface area contributed by atoms with Crippen molar-refractivity contribution in [3.63, 3.8) is 0 Å². The van der Waals surface area contributed by atoms with Crippen LogP contribution in [0.15, 0.2) is 85.1 Å². The topological polar surface area (TPSA) is 132 Å². The van der Waals surface area contributed by atoms with Crippen LogP contribution in [0.2, 0.25) is 0 Å². The molecule has 3 unspecified atom stereocenters. The highest BCUT2D eigenvalue weighted by Gasteiger charge is 2.26. The lowest BCUT2D eigenvalue weighted by Gasteiger charge is -2.20. The van der Waals surface area contributed by atoms with Crippen LogP contribution in [0.1, 0.15) is 142 Å². The third-order valence-electron chi connectivity index (χ3n) is 8.05. The van der Waals surface area contributed by atoms with E-state index in [9.17, 15) is 19.4 Å². The van der Waals surface area contributed by atoms with E-state index in [2.05, 4.69) is 98.9 Å². The molecule has 0 aliphatic rings. The average molecular weight is 779 g/mol. The third-order valence-corrected chi connectivity index (χ3v) is 9.00. The molecule has 3 atom stereocenters. The average Bonchev–Trinajstić information content (AvgIpc) is 3.16. The second kappa shape index (κ2) is 40.3. The number of rotatable bonds is 38. The number of aliphatic hydroxyl groups is 2. The number of phosphoric ester groups is 1.